The van der Waals surface area contributed by atoms with Crippen LogP contribution in [-0.2, 0) is 21.1 Å². The van der Waals surface area contributed by atoms with Crippen molar-refractivity contribution in [1.82, 2.24) is 14.5 Å². The first-order valence-electron chi connectivity index (χ1n) is 15.8. The van der Waals surface area contributed by atoms with Gasteiger partial charge in [-0.05, 0) is 97.5 Å². The van der Waals surface area contributed by atoms with Crippen LogP contribution in [0.3, 0.4) is 0 Å². The molecule has 5 nitrogen and oxygen atoms in total. The van der Waals surface area contributed by atoms with Crippen LogP contribution < -0.4 is 4.74 Å². The fourth-order valence-electron chi connectivity index (χ4n) is 6.79. The number of nitrogens with zero attached hydrogens (tertiary/aromatic N) is 3. The molecule has 0 aliphatic carbocycles. The fourth-order valence-corrected chi connectivity index (χ4v) is 6.79. The number of benzene rings is 4. The fraction of sp³-hybridized carbons (Fsp3) is 0.200. The molecule has 0 atom stereocenters. The minimum atomic E-state index is 0. The minimum absolute atomic E-state index is 0. The van der Waals surface area contributed by atoms with Crippen molar-refractivity contribution in [3.05, 3.63) is 118 Å². The van der Waals surface area contributed by atoms with Crippen molar-refractivity contribution in [2.45, 2.75) is 54.4 Å². The molecule has 1 N–H and O–H groups in total. The second-order valence-corrected chi connectivity index (χ2v) is 12.4. The van der Waals surface area contributed by atoms with Crippen LogP contribution in [-0.4, -0.2) is 19.6 Å². The molecule has 0 saturated heterocycles. The van der Waals surface area contributed by atoms with Gasteiger partial charge in [-0.1, -0.05) is 72.8 Å². The Kier molecular flexibility index (Phi) is 7.90. The number of pyridine rings is 2. The first-order chi connectivity index (χ1) is 22.0. The molecule has 0 aliphatic rings. The Morgan fingerprint density at radius 3 is 2.35 bits per heavy atom. The van der Waals surface area contributed by atoms with Gasteiger partial charge in [-0.3, -0.25) is 0 Å². The molecule has 3 aromatic heterocycles. The second-order valence-electron chi connectivity index (χ2n) is 12.4. The third-order valence-electron chi connectivity index (χ3n) is 8.87. The van der Waals surface area contributed by atoms with Gasteiger partial charge in [0, 0.05) is 50.0 Å². The van der Waals surface area contributed by atoms with Gasteiger partial charge in [0.05, 0.1) is 1.37 Å². The molecule has 6 heteroatoms. The second kappa shape index (κ2) is 12.0. The van der Waals surface area contributed by atoms with E-state index in [-0.39, 0.29) is 38.9 Å². The zero-order valence-electron chi connectivity index (χ0n) is 28.0. The third-order valence-corrected chi connectivity index (χ3v) is 8.87. The quantitative estimate of drug-likeness (QED) is 0.177. The zero-order valence-corrected chi connectivity index (χ0v) is 29.3. The summed E-state index contributed by atoms with van der Waals surface area (Å²) in [6, 6.07) is 27.3. The smallest absolute Gasteiger partial charge is 0.217 e. The van der Waals surface area contributed by atoms with Gasteiger partial charge in [0.15, 0.2) is 0 Å². The van der Waals surface area contributed by atoms with Crippen LogP contribution in [0.15, 0.2) is 79.0 Å². The Labute approximate surface area is 285 Å². The maximum atomic E-state index is 10.9. The summed E-state index contributed by atoms with van der Waals surface area (Å²) in [6.45, 7) is 14.9. The van der Waals surface area contributed by atoms with Gasteiger partial charge >= 0.3 is 0 Å². The van der Waals surface area contributed by atoms with E-state index >= 15 is 0 Å². The molecular formula is C40H36N3O2Pt-. The predicted octanol–water partition coefficient (Wildman–Crippen LogP) is 10.4. The van der Waals surface area contributed by atoms with E-state index in [2.05, 4.69) is 94.4 Å². The molecule has 0 fully saturated rings. The molecular weight excluding hydrogens is 750 g/mol. The maximum absolute atomic E-state index is 10.9. The van der Waals surface area contributed by atoms with Crippen LogP contribution in [0, 0.1) is 40.7 Å². The van der Waals surface area contributed by atoms with E-state index in [1.54, 1.807) is 12.1 Å². The Morgan fingerprint density at radius 1 is 0.870 bits per heavy atom. The van der Waals surface area contributed by atoms with Gasteiger partial charge in [-0.15, -0.1) is 17.7 Å². The summed E-state index contributed by atoms with van der Waals surface area (Å²) in [5.41, 5.74) is 11.3. The maximum Gasteiger partial charge on any atom is 0.217 e. The molecule has 234 valence electrons. The molecule has 7 aromatic rings. The molecule has 0 radical (unpaired) electrons. The molecule has 0 spiro atoms. The summed E-state index contributed by atoms with van der Waals surface area (Å²) < 4.78 is 17.0. The van der Waals surface area contributed by atoms with Gasteiger partial charge in [0.2, 0.25) is 5.88 Å². The average molecular weight is 787 g/mol. The Hall–Kier alpha value is -4.47. The first-order valence-corrected chi connectivity index (χ1v) is 15.3. The number of aromatic hydroxyl groups is 1. The number of aromatic nitrogens is 3. The van der Waals surface area contributed by atoms with Crippen LogP contribution in [0.2, 0.25) is 0 Å². The number of aryl methyl sites for hydroxylation is 5. The van der Waals surface area contributed by atoms with Crippen LogP contribution in [0.25, 0.3) is 49.7 Å². The minimum Gasteiger partial charge on any atom is -0.506 e. The number of hydrogen-bond acceptors (Lipinski definition) is 4. The van der Waals surface area contributed by atoms with Gasteiger partial charge in [-0.25, -0.2) is 9.97 Å². The standard InChI is InChI=1S/C40H36N3O2.Pt/c1-22(2)31-19-28(20-33-38(31)30-15-14-24(4)27(7)40(30)43(33)35-13-8-9-16-41-35)45-36-21-32(29-11-10-12-34(44)39(29)42-36)37-25(5)17-23(3)18-26(37)6;/h8-19,21-22,44H,1-7H3;/q-1;/i16D;. The van der Waals surface area contributed by atoms with E-state index in [0.29, 0.717) is 23.0 Å². The van der Waals surface area contributed by atoms with E-state index in [1.165, 1.54) is 11.1 Å². The largest absolute Gasteiger partial charge is 0.506 e. The normalized spacial score (nSPS) is 11.8. The summed E-state index contributed by atoms with van der Waals surface area (Å²) >= 11 is 0. The average Bonchev–Trinajstić information content (AvgIpc) is 3.33. The van der Waals surface area contributed by atoms with Crippen molar-refractivity contribution in [3.8, 4) is 34.3 Å². The van der Waals surface area contributed by atoms with E-state index in [4.69, 9.17) is 11.1 Å². The molecule has 0 unspecified atom stereocenters. The Morgan fingerprint density at radius 2 is 1.63 bits per heavy atom. The summed E-state index contributed by atoms with van der Waals surface area (Å²) in [5.74, 6) is 1.82. The van der Waals surface area contributed by atoms with E-state index in [0.717, 1.165) is 60.6 Å². The van der Waals surface area contributed by atoms with E-state index in [1.807, 2.05) is 30.3 Å². The summed E-state index contributed by atoms with van der Waals surface area (Å²) in [5, 5.41) is 14.0. The topological polar surface area (TPSA) is 60.2 Å². The Bertz CT molecular complexity index is 2340. The van der Waals surface area contributed by atoms with Gasteiger partial charge < -0.3 is 14.4 Å². The SMILES string of the molecule is [2H]c1cccc(-n2c3[c-]c(Oc4cc(-c5c(C)cc(C)cc5C)c5cccc(O)c5n4)cc(C(C)C)c3c3ccc(C)c(C)c32)n1.[Pt]. The molecule has 7 rings (SSSR count). The van der Waals surface area contributed by atoms with Crippen LogP contribution in [0.5, 0.6) is 17.4 Å². The first kappa shape index (κ1) is 30.2. The molecule has 4 aromatic carbocycles. The summed E-state index contributed by atoms with van der Waals surface area (Å²) in [6.07, 6.45) is 0.198. The van der Waals surface area contributed by atoms with Gasteiger partial charge in [0.1, 0.15) is 17.1 Å². The number of ether oxygens (including phenoxy) is 1. The number of fused-ring (bicyclic) bond motifs is 4. The van der Waals surface area contributed by atoms with E-state index < -0.39 is 0 Å². The van der Waals surface area contributed by atoms with Crippen molar-refractivity contribution >= 4 is 32.7 Å². The van der Waals surface area contributed by atoms with Crippen molar-refractivity contribution in [2.24, 2.45) is 0 Å². The van der Waals surface area contributed by atoms with Crippen molar-refractivity contribution in [3.63, 3.8) is 0 Å². The predicted molar refractivity (Wildman–Crippen MR) is 184 cm³/mol. The van der Waals surface area contributed by atoms with Gasteiger partial charge in [0.25, 0.3) is 0 Å². The van der Waals surface area contributed by atoms with Crippen molar-refractivity contribution < 1.29 is 32.3 Å². The molecule has 0 aliphatic heterocycles. The molecule has 0 bridgehead atoms. The molecule has 3 heterocycles. The van der Waals surface area contributed by atoms with E-state index in [9.17, 15) is 5.11 Å². The number of rotatable bonds is 5. The van der Waals surface area contributed by atoms with Crippen LogP contribution >= 0.6 is 0 Å². The molecule has 0 amide bonds. The molecule has 46 heavy (non-hydrogen) atoms. The van der Waals surface area contributed by atoms with Crippen molar-refractivity contribution in [2.75, 3.05) is 0 Å². The summed E-state index contributed by atoms with van der Waals surface area (Å²) in [7, 11) is 0. The number of phenols is 1. The Balaban J connectivity index is 0.00000386. The zero-order chi connectivity index (χ0) is 32.4. The van der Waals surface area contributed by atoms with Crippen LogP contribution in [0.4, 0.5) is 0 Å². The van der Waals surface area contributed by atoms with Gasteiger partial charge in [-0.2, -0.15) is 0 Å². The number of phenolic OH excluding ortho intramolecular Hbond substituents is 1. The monoisotopic (exact) mass is 786 g/mol. The number of para-hydroxylation sites is 1. The summed E-state index contributed by atoms with van der Waals surface area (Å²) in [4.78, 5) is 9.43. The van der Waals surface area contributed by atoms with Crippen LogP contribution in [0.1, 0.15) is 54.5 Å². The third kappa shape index (κ3) is 5.17. The molecule has 0 saturated carbocycles. The number of hydrogen-bond donors (Lipinski definition) is 1. The van der Waals surface area contributed by atoms with Crippen molar-refractivity contribution in [1.29, 1.82) is 0 Å².